The van der Waals surface area contributed by atoms with Crippen LogP contribution in [0.1, 0.15) is 42.6 Å². The zero-order valence-corrected chi connectivity index (χ0v) is 13.5. The molecule has 0 radical (unpaired) electrons. The molecule has 0 bridgehead atoms. The molecule has 2 nitrogen and oxygen atoms in total. The average molecular weight is 289 g/mol. The first-order valence-corrected chi connectivity index (χ1v) is 7.91. The van der Waals surface area contributed by atoms with Gasteiger partial charge in [-0.1, -0.05) is 45.0 Å². The van der Waals surface area contributed by atoms with Crippen LogP contribution in [0, 0.1) is 6.92 Å². The highest BCUT2D eigenvalue weighted by Crippen LogP contribution is 2.22. The van der Waals surface area contributed by atoms with Gasteiger partial charge < -0.3 is 5.11 Å². The molecular formula is C17H23NOS. The molecule has 1 N–H and O–H groups in total. The molecule has 2 aromatic rings. The Bertz CT molecular complexity index is 551. The van der Waals surface area contributed by atoms with Crippen molar-refractivity contribution in [1.29, 1.82) is 0 Å². The summed E-state index contributed by atoms with van der Waals surface area (Å²) in [6.45, 7) is 8.62. The Labute approximate surface area is 125 Å². The average Bonchev–Trinajstić information content (AvgIpc) is 2.74. The van der Waals surface area contributed by atoms with E-state index in [1.807, 2.05) is 12.3 Å². The van der Waals surface area contributed by atoms with E-state index in [1.165, 1.54) is 11.1 Å². The third-order valence-corrected chi connectivity index (χ3v) is 4.22. The minimum atomic E-state index is -0.364. The van der Waals surface area contributed by atoms with Gasteiger partial charge in [0.25, 0.3) is 0 Å². The van der Waals surface area contributed by atoms with Crippen LogP contribution in [0.3, 0.4) is 0 Å². The molecule has 0 aliphatic heterocycles. The Kier molecular flexibility index (Phi) is 4.61. The largest absolute Gasteiger partial charge is 0.392 e. The van der Waals surface area contributed by atoms with Gasteiger partial charge in [0, 0.05) is 11.8 Å². The topological polar surface area (TPSA) is 33.1 Å². The molecule has 108 valence electrons. The van der Waals surface area contributed by atoms with Crippen LogP contribution in [-0.2, 0) is 18.3 Å². The number of hydrogen-bond donors (Lipinski definition) is 1. The molecule has 1 unspecified atom stereocenters. The molecule has 20 heavy (non-hydrogen) atoms. The third-order valence-electron chi connectivity index (χ3n) is 3.40. The molecule has 0 spiro atoms. The number of aromatic nitrogens is 1. The molecule has 0 saturated carbocycles. The van der Waals surface area contributed by atoms with Crippen molar-refractivity contribution in [2.45, 2.75) is 52.1 Å². The van der Waals surface area contributed by atoms with Crippen molar-refractivity contribution in [2.75, 3.05) is 0 Å². The van der Waals surface area contributed by atoms with Crippen molar-refractivity contribution in [3.05, 3.63) is 51.5 Å². The molecule has 1 aromatic carbocycles. The maximum absolute atomic E-state index is 10.2. The number of hydrogen-bond acceptors (Lipinski definition) is 3. The number of rotatable bonds is 4. The lowest BCUT2D eigenvalue weighted by Gasteiger charge is -2.19. The lowest BCUT2D eigenvalue weighted by atomic mass is 9.86. The second kappa shape index (κ2) is 6.06. The van der Waals surface area contributed by atoms with E-state index in [0.717, 1.165) is 10.7 Å². The Balaban J connectivity index is 1.96. The zero-order valence-electron chi connectivity index (χ0n) is 12.7. The summed E-state index contributed by atoms with van der Waals surface area (Å²) >= 11 is 1.64. The maximum Gasteiger partial charge on any atom is 0.0897 e. The molecule has 0 saturated heterocycles. The van der Waals surface area contributed by atoms with Gasteiger partial charge in [0.1, 0.15) is 0 Å². The van der Waals surface area contributed by atoms with Crippen LogP contribution < -0.4 is 0 Å². The molecule has 0 fully saturated rings. The minimum Gasteiger partial charge on any atom is -0.392 e. The SMILES string of the molecule is Cc1nc(CC(O)Cc2ccc(C(C)(C)C)cc2)cs1. The highest BCUT2D eigenvalue weighted by Gasteiger charge is 2.14. The number of aryl methyl sites for hydroxylation is 1. The van der Waals surface area contributed by atoms with Crippen LogP contribution in [0.25, 0.3) is 0 Å². The van der Waals surface area contributed by atoms with E-state index >= 15 is 0 Å². The first-order valence-electron chi connectivity index (χ1n) is 7.03. The summed E-state index contributed by atoms with van der Waals surface area (Å²) in [7, 11) is 0. The summed E-state index contributed by atoms with van der Waals surface area (Å²) in [4.78, 5) is 4.40. The number of aliphatic hydroxyl groups excluding tert-OH is 1. The summed E-state index contributed by atoms with van der Waals surface area (Å²) in [5, 5.41) is 13.2. The van der Waals surface area contributed by atoms with Gasteiger partial charge in [-0.05, 0) is 29.9 Å². The molecule has 1 atom stereocenters. The fourth-order valence-corrected chi connectivity index (χ4v) is 2.85. The van der Waals surface area contributed by atoms with Gasteiger partial charge in [0.15, 0.2) is 0 Å². The van der Waals surface area contributed by atoms with E-state index in [9.17, 15) is 5.11 Å². The third kappa shape index (κ3) is 4.15. The molecule has 0 aliphatic carbocycles. The van der Waals surface area contributed by atoms with Gasteiger partial charge in [0.05, 0.1) is 16.8 Å². The highest BCUT2D eigenvalue weighted by atomic mass is 32.1. The van der Waals surface area contributed by atoms with Gasteiger partial charge in [-0.3, -0.25) is 0 Å². The van der Waals surface area contributed by atoms with Gasteiger partial charge in [0.2, 0.25) is 0 Å². The quantitative estimate of drug-likeness (QED) is 0.926. The van der Waals surface area contributed by atoms with Crippen LogP contribution in [0.2, 0.25) is 0 Å². The molecule has 2 rings (SSSR count). The standard InChI is InChI=1S/C17H23NOS/c1-12-18-15(11-20-12)10-16(19)9-13-5-7-14(8-6-13)17(2,3)4/h5-8,11,16,19H,9-10H2,1-4H3. The minimum absolute atomic E-state index is 0.176. The Hall–Kier alpha value is -1.19. The first-order chi connectivity index (χ1) is 9.34. The van der Waals surface area contributed by atoms with Gasteiger partial charge in [-0.2, -0.15) is 0 Å². The van der Waals surface area contributed by atoms with Crippen molar-refractivity contribution in [3.63, 3.8) is 0 Å². The first kappa shape index (κ1) is 15.2. The Morgan fingerprint density at radius 2 is 1.80 bits per heavy atom. The predicted molar refractivity (Wildman–Crippen MR) is 85.4 cm³/mol. The molecule has 1 aromatic heterocycles. The number of benzene rings is 1. The van der Waals surface area contributed by atoms with Crippen LogP contribution in [0.4, 0.5) is 0 Å². The number of aliphatic hydroxyl groups is 1. The summed E-state index contributed by atoms with van der Waals surface area (Å²) < 4.78 is 0. The molecule has 3 heteroatoms. The van der Waals surface area contributed by atoms with Gasteiger partial charge in [-0.25, -0.2) is 4.98 Å². The summed E-state index contributed by atoms with van der Waals surface area (Å²) in [5.41, 5.74) is 3.67. The van der Waals surface area contributed by atoms with Crippen LogP contribution in [0.5, 0.6) is 0 Å². The van der Waals surface area contributed by atoms with Gasteiger partial charge in [-0.15, -0.1) is 11.3 Å². The van der Waals surface area contributed by atoms with Crippen LogP contribution >= 0.6 is 11.3 Å². The highest BCUT2D eigenvalue weighted by molar-refractivity contribution is 7.09. The van der Waals surface area contributed by atoms with E-state index in [0.29, 0.717) is 12.8 Å². The number of thiazole rings is 1. The smallest absolute Gasteiger partial charge is 0.0897 e. The van der Waals surface area contributed by atoms with Crippen LogP contribution in [0.15, 0.2) is 29.6 Å². The summed E-state index contributed by atoms with van der Waals surface area (Å²) in [6.07, 6.45) is 0.948. The fraction of sp³-hybridized carbons (Fsp3) is 0.471. The molecule has 0 amide bonds. The summed E-state index contributed by atoms with van der Waals surface area (Å²) in [5.74, 6) is 0. The molecular weight excluding hydrogens is 266 g/mol. The van der Waals surface area contributed by atoms with E-state index < -0.39 is 0 Å². The Morgan fingerprint density at radius 1 is 1.15 bits per heavy atom. The Morgan fingerprint density at radius 3 is 2.30 bits per heavy atom. The summed E-state index contributed by atoms with van der Waals surface area (Å²) in [6, 6.07) is 8.57. The number of nitrogens with zero attached hydrogens (tertiary/aromatic N) is 1. The molecule has 0 aliphatic rings. The van der Waals surface area contributed by atoms with E-state index in [-0.39, 0.29) is 11.5 Å². The van der Waals surface area contributed by atoms with E-state index in [4.69, 9.17) is 0 Å². The zero-order chi connectivity index (χ0) is 14.8. The monoisotopic (exact) mass is 289 g/mol. The van der Waals surface area contributed by atoms with Crippen LogP contribution in [-0.4, -0.2) is 16.2 Å². The van der Waals surface area contributed by atoms with E-state index in [2.05, 4.69) is 50.0 Å². The van der Waals surface area contributed by atoms with E-state index in [1.54, 1.807) is 11.3 Å². The predicted octanol–water partition coefficient (Wildman–Crippen LogP) is 3.90. The fourth-order valence-electron chi connectivity index (χ4n) is 2.23. The molecule has 1 heterocycles. The van der Waals surface area contributed by atoms with Crippen molar-refractivity contribution in [3.8, 4) is 0 Å². The van der Waals surface area contributed by atoms with Gasteiger partial charge >= 0.3 is 0 Å². The lowest BCUT2D eigenvalue weighted by Crippen LogP contribution is -2.15. The van der Waals surface area contributed by atoms with Crippen molar-refractivity contribution < 1.29 is 5.11 Å². The second-order valence-corrected chi connectivity index (χ2v) is 7.43. The van der Waals surface area contributed by atoms with Crippen molar-refractivity contribution >= 4 is 11.3 Å². The lowest BCUT2D eigenvalue weighted by molar-refractivity contribution is 0.174. The van der Waals surface area contributed by atoms with Crippen molar-refractivity contribution in [1.82, 2.24) is 4.98 Å². The second-order valence-electron chi connectivity index (χ2n) is 6.37. The van der Waals surface area contributed by atoms with Crippen molar-refractivity contribution in [2.24, 2.45) is 0 Å². The maximum atomic E-state index is 10.2. The normalized spacial score (nSPS) is 13.4.